The van der Waals surface area contributed by atoms with Crippen molar-refractivity contribution in [2.24, 2.45) is 0 Å². The lowest BCUT2D eigenvalue weighted by atomic mass is 10.1. The van der Waals surface area contributed by atoms with Crippen LogP contribution in [-0.2, 0) is 11.2 Å². The molecular weight excluding hydrogens is 267 g/mol. The van der Waals surface area contributed by atoms with Crippen molar-refractivity contribution in [2.75, 3.05) is 0 Å². The van der Waals surface area contributed by atoms with Crippen LogP contribution < -0.4 is 0 Å². The van der Waals surface area contributed by atoms with E-state index in [0.29, 0.717) is 17.9 Å². The number of aryl methyl sites for hydroxylation is 1. The van der Waals surface area contributed by atoms with E-state index in [4.69, 9.17) is 16.7 Å². The van der Waals surface area contributed by atoms with Gasteiger partial charge in [0.15, 0.2) is 0 Å². The third-order valence-corrected chi connectivity index (χ3v) is 2.93. The molecule has 0 aliphatic carbocycles. The van der Waals surface area contributed by atoms with Gasteiger partial charge in [-0.3, -0.25) is 4.79 Å². The summed E-state index contributed by atoms with van der Waals surface area (Å²) in [4.78, 5) is 10.0. The van der Waals surface area contributed by atoms with Gasteiger partial charge in [-0.25, -0.2) is 0 Å². The number of carboxylic acid groups (broad SMARTS) is 1. The largest absolute Gasteiger partial charge is 0.480 e. The average molecular weight is 278 g/mol. The Morgan fingerprint density at radius 3 is 2.86 bits per heavy atom. The summed E-state index contributed by atoms with van der Waals surface area (Å²) in [6.45, 7) is 0. The lowest BCUT2D eigenvalue weighted by Crippen LogP contribution is -2.13. The summed E-state index contributed by atoms with van der Waals surface area (Å²) < 4.78 is 0. The van der Waals surface area contributed by atoms with Crippen molar-refractivity contribution < 1.29 is 9.90 Å². The number of carboxylic acids is 1. The summed E-state index contributed by atoms with van der Waals surface area (Å²) in [7, 11) is 0. The standard InChI is InChI=1S/C10H10BrClO2/c11-9(10(13)14)5-4-7-2-1-3-8(12)6-7/h1-3,6,9H,4-5H2,(H,13,14). The molecule has 1 N–H and O–H groups in total. The normalized spacial score (nSPS) is 12.4. The van der Waals surface area contributed by atoms with E-state index in [-0.39, 0.29) is 0 Å². The van der Waals surface area contributed by atoms with Crippen LogP contribution >= 0.6 is 27.5 Å². The first-order valence-corrected chi connectivity index (χ1v) is 5.50. The van der Waals surface area contributed by atoms with Gasteiger partial charge >= 0.3 is 5.97 Å². The van der Waals surface area contributed by atoms with Crippen LogP contribution in [0.1, 0.15) is 12.0 Å². The second-order valence-electron chi connectivity index (χ2n) is 2.97. The minimum absolute atomic E-state index is 0.485. The molecule has 0 bridgehead atoms. The fourth-order valence-electron chi connectivity index (χ4n) is 1.11. The topological polar surface area (TPSA) is 37.3 Å². The van der Waals surface area contributed by atoms with Gasteiger partial charge in [0.1, 0.15) is 4.83 Å². The van der Waals surface area contributed by atoms with Crippen LogP contribution in [0.3, 0.4) is 0 Å². The molecule has 0 aliphatic rings. The number of hydrogen-bond acceptors (Lipinski definition) is 1. The summed E-state index contributed by atoms with van der Waals surface area (Å²) in [5.41, 5.74) is 1.06. The molecule has 1 atom stereocenters. The molecule has 76 valence electrons. The summed E-state index contributed by atoms with van der Waals surface area (Å²) in [5.74, 6) is -0.827. The van der Waals surface area contributed by atoms with Crippen molar-refractivity contribution in [3.8, 4) is 0 Å². The van der Waals surface area contributed by atoms with Crippen LogP contribution in [0.4, 0.5) is 0 Å². The van der Waals surface area contributed by atoms with Crippen LogP contribution in [-0.4, -0.2) is 15.9 Å². The first-order valence-electron chi connectivity index (χ1n) is 4.21. The molecule has 0 fully saturated rings. The minimum atomic E-state index is -0.827. The Bertz CT molecular complexity index is 328. The number of aliphatic carboxylic acids is 1. The molecule has 0 heterocycles. The van der Waals surface area contributed by atoms with E-state index in [0.717, 1.165) is 5.56 Å². The third kappa shape index (κ3) is 3.68. The van der Waals surface area contributed by atoms with Gasteiger partial charge in [-0.05, 0) is 30.5 Å². The van der Waals surface area contributed by atoms with Crippen molar-refractivity contribution in [3.05, 3.63) is 34.9 Å². The summed E-state index contributed by atoms with van der Waals surface area (Å²) >= 11 is 8.88. The molecule has 14 heavy (non-hydrogen) atoms. The molecule has 1 unspecified atom stereocenters. The molecule has 0 radical (unpaired) electrons. The number of hydrogen-bond donors (Lipinski definition) is 1. The van der Waals surface area contributed by atoms with Crippen molar-refractivity contribution in [1.82, 2.24) is 0 Å². The van der Waals surface area contributed by atoms with Crippen LogP contribution in [0.25, 0.3) is 0 Å². The molecule has 0 spiro atoms. The van der Waals surface area contributed by atoms with Gasteiger partial charge in [0.2, 0.25) is 0 Å². The SMILES string of the molecule is O=C(O)C(Br)CCc1cccc(Cl)c1. The van der Waals surface area contributed by atoms with Crippen LogP contribution in [0.2, 0.25) is 5.02 Å². The smallest absolute Gasteiger partial charge is 0.317 e. The zero-order valence-corrected chi connectivity index (χ0v) is 9.75. The van der Waals surface area contributed by atoms with Crippen LogP contribution in [0.15, 0.2) is 24.3 Å². The van der Waals surface area contributed by atoms with E-state index >= 15 is 0 Å². The number of halogens is 2. The van der Waals surface area contributed by atoms with Crippen molar-refractivity contribution in [3.63, 3.8) is 0 Å². The molecule has 2 nitrogen and oxygen atoms in total. The Hall–Kier alpha value is -0.540. The lowest BCUT2D eigenvalue weighted by Gasteiger charge is -2.04. The van der Waals surface area contributed by atoms with Crippen LogP contribution in [0.5, 0.6) is 0 Å². The number of carbonyl (C=O) groups is 1. The fraction of sp³-hybridized carbons (Fsp3) is 0.300. The Morgan fingerprint density at radius 1 is 1.57 bits per heavy atom. The number of benzene rings is 1. The molecule has 1 rings (SSSR count). The second-order valence-corrected chi connectivity index (χ2v) is 4.52. The Kier molecular flexibility index (Phi) is 4.42. The maximum Gasteiger partial charge on any atom is 0.317 e. The fourth-order valence-corrected chi connectivity index (χ4v) is 1.55. The highest BCUT2D eigenvalue weighted by molar-refractivity contribution is 9.10. The van der Waals surface area contributed by atoms with Gasteiger partial charge in [-0.1, -0.05) is 39.7 Å². The average Bonchev–Trinajstić information content (AvgIpc) is 2.14. The molecular formula is C10H10BrClO2. The van der Waals surface area contributed by atoms with E-state index in [1.807, 2.05) is 18.2 Å². The maximum atomic E-state index is 10.5. The van der Waals surface area contributed by atoms with E-state index in [2.05, 4.69) is 15.9 Å². The van der Waals surface area contributed by atoms with Gasteiger partial charge in [0, 0.05) is 5.02 Å². The Morgan fingerprint density at radius 2 is 2.29 bits per heavy atom. The van der Waals surface area contributed by atoms with Crippen molar-refractivity contribution in [1.29, 1.82) is 0 Å². The number of rotatable bonds is 4. The van der Waals surface area contributed by atoms with E-state index in [1.54, 1.807) is 6.07 Å². The van der Waals surface area contributed by atoms with Crippen molar-refractivity contribution >= 4 is 33.5 Å². The van der Waals surface area contributed by atoms with E-state index in [9.17, 15) is 4.79 Å². The molecule has 0 saturated carbocycles. The predicted molar refractivity (Wildman–Crippen MR) is 60.1 cm³/mol. The summed E-state index contributed by atoms with van der Waals surface area (Å²) in [6, 6.07) is 7.45. The highest BCUT2D eigenvalue weighted by Crippen LogP contribution is 2.15. The summed E-state index contributed by atoms with van der Waals surface area (Å²) in [5, 5.41) is 9.33. The molecule has 1 aromatic rings. The quantitative estimate of drug-likeness (QED) is 0.859. The summed E-state index contributed by atoms with van der Waals surface area (Å²) in [6.07, 6.45) is 1.28. The highest BCUT2D eigenvalue weighted by atomic mass is 79.9. The van der Waals surface area contributed by atoms with E-state index in [1.165, 1.54) is 0 Å². The Balaban J connectivity index is 2.49. The second kappa shape index (κ2) is 5.37. The highest BCUT2D eigenvalue weighted by Gasteiger charge is 2.12. The van der Waals surface area contributed by atoms with Gasteiger partial charge in [0.25, 0.3) is 0 Å². The molecule has 1 aromatic carbocycles. The zero-order valence-electron chi connectivity index (χ0n) is 7.41. The molecule has 4 heteroatoms. The van der Waals surface area contributed by atoms with Gasteiger partial charge in [-0.2, -0.15) is 0 Å². The van der Waals surface area contributed by atoms with Crippen LogP contribution in [0, 0.1) is 0 Å². The predicted octanol–water partition coefficient (Wildman–Crippen LogP) is 3.12. The molecule has 0 aliphatic heterocycles. The first-order chi connectivity index (χ1) is 6.59. The Labute approximate surface area is 96.0 Å². The zero-order chi connectivity index (χ0) is 10.6. The van der Waals surface area contributed by atoms with Gasteiger partial charge < -0.3 is 5.11 Å². The lowest BCUT2D eigenvalue weighted by molar-refractivity contribution is -0.136. The minimum Gasteiger partial charge on any atom is -0.480 e. The van der Waals surface area contributed by atoms with E-state index < -0.39 is 10.8 Å². The molecule has 0 amide bonds. The number of alkyl halides is 1. The van der Waals surface area contributed by atoms with Gasteiger partial charge in [-0.15, -0.1) is 0 Å². The first kappa shape index (κ1) is 11.5. The van der Waals surface area contributed by atoms with Crippen molar-refractivity contribution in [2.45, 2.75) is 17.7 Å². The van der Waals surface area contributed by atoms with Gasteiger partial charge in [0.05, 0.1) is 0 Å². The molecule has 0 aromatic heterocycles. The third-order valence-electron chi connectivity index (χ3n) is 1.84. The maximum absolute atomic E-state index is 10.5. The monoisotopic (exact) mass is 276 g/mol. The molecule has 0 saturated heterocycles.